The number of rotatable bonds is 19. The number of carboxylic acids is 1. The summed E-state index contributed by atoms with van der Waals surface area (Å²) < 4.78 is 22.2. The van der Waals surface area contributed by atoms with Crippen molar-refractivity contribution >= 4 is 182 Å². The number of ether oxygens (including phenoxy) is 4. The van der Waals surface area contributed by atoms with Crippen LogP contribution in [0.4, 0.5) is 11.4 Å². The van der Waals surface area contributed by atoms with E-state index in [1.165, 1.54) is 73.8 Å². The normalized spacial score (nSPS) is 18.8. The SMILES string of the molecule is CC1CCC(C(=O)N(Cc2ccccc2)c2cc(C#CC(C)(C)C)sc2C(=O)O)CC1.COC(=O)c1sc(C#CC(C)(C)C)cc1CC(=O)C1CCC(C)CC1.COC(=O)c1sc(C#CC(C)(C)C)cc1N(Cc1ccccc1)C(=O)C1CCC(C)CC1.COC(=O)c1sc(I)cc1Br.COC(=O)c1sc(I)cc1CC(=O)C1CCC(C)CC1. The van der Waals surface area contributed by atoms with E-state index in [-0.39, 0.29) is 86.1 Å². The van der Waals surface area contributed by atoms with Gasteiger partial charge in [0.25, 0.3) is 0 Å². The second-order valence-electron chi connectivity index (χ2n) is 34.5. The third kappa shape index (κ3) is 32.1. The highest BCUT2D eigenvalue weighted by atomic mass is 127. The summed E-state index contributed by atoms with van der Waals surface area (Å²) in [4.78, 5) is 120. The van der Waals surface area contributed by atoms with Crippen molar-refractivity contribution in [1.29, 1.82) is 0 Å². The van der Waals surface area contributed by atoms with Gasteiger partial charge in [-0.15, -0.1) is 56.7 Å². The standard InChI is InChI=1S/C27H33NO3S.C26H31NO3S.C21H28O3S.C15H19IO3S.C6H4BrIO2S/c1-19-11-13-21(14-12-19)25(29)28(18-20-9-7-6-8-10-20)23-17-22(15-16-27(2,3)4)32-24(23)26(30)31-5;1-18-10-12-20(13-11-18)24(28)27(17-19-8-6-5-7-9-19)22-16-21(14-15-26(2,3)4)31-23(22)25(29)30;1-14-6-8-15(9-7-14)18(22)13-16-12-17(10-11-21(2,3)4)25-19(16)20(23)24-5;1-9-3-5-10(6-4-9)12(17)7-11-8-13(16)20-14(11)15(18)19-2;1-10-6(9)5-3(7)2-4(8)11-5/h6-10,17,19,21H,11-14,18H2,1-5H3;5-9,16,18,20H,10-13,17H2,1-4H3,(H,29,30);12,14-15H,6-9,13H2,1-5H3;8-10H,3-7H2,1-2H3;2H,1H3. The van der Waals surface area contributed by atoms with Crippen LogP contribution in [0.15, 0.2) is 95.5 Å². The van der Waals surface area contributed by atoms with Gasteiger partial charge in [0.15, 0.2) is 0 Å². The Balaban J connectivity index is 0.000000212. The number of methoxy groups -OCH3 is 4. The molecule has 0 saturated heterocycles. The fourth-order valence-corrected chi connectivity index (χ4v) is 21.5. The van der Waals surface area contributed by atoms with Gasteiger partial charge in [0.1, 0.15) is 36.0 Å². The minimum Gasteiger partial charge on any atom is -0.477 e. The number of ketones is 2. The number of Topliss-reactive ketones (excluding diaryl/α,β-unsaturated/α-hetero) is 2. The first-order valence-electron chi connectivity index (χ1n) is 40.7. The Bertz CT molecular complexity index is 4810. The quantitative estimate of drug-likeness (QED) is 0.0345. The van der Waals surface area contributed by atoms with Crippen LogP contribution in [0.1, 0.15) is 278 Å². The van der Waals surface area contributed by atoms with E-state index in [9.17, 15) is 48.3 Å². The largest absolute Gasteiger partial charge is 0.477 e. The molecule has 11 rings (SSSR count). The Labute approximate surface area is 761 Å². The summed E-state index contributed by atoms with van der Waals surface area (Å²) in [7, 11) is 5.50. The maximum absolute atomic E-state index is 13.7. The number of carboxylic acid groups (broad SMARTS) is 1. The first kappa shape index (κ1) is 99.3. The van der Waals surface area contributed by atoms with E-state index in [0.29, 0.717) is 73.5 Å². The van der Waals surface area contributed by atoms with Gasteiger partial charge in [-0.25, -0.2) is 24.0 Å². The molecule has 119 heavy (non-hydrogen) atoms. The average Bonchev–Trinajstić information content (AvgIpc) is 1.63. The zero-order valence-electron chi connectivity index (χ0n) is 71.7. The van der Waals surface area contributed by atoms with Crippen molar-refractivity contribution < 1.29 is 67.2 Å². The van der Waals surface area contributed by atoms with Crippen LogP contribution in [0, 0.1) is 105 Å². The van der Waals surface area contributed by atoms with Crippen LogP contribution >= 0.6 is 118 Å². The monoisotopic (exact) mass is 2000 g/mol. The highest BCUT2D eigenvalue weighted by molar-refractivity contribution is 14.1. The van der Waals surface area contributed by atoms with Crippen LogP contribution in [0.25, 0.3) is 0 Å². The molecule has 4 fully saturated rings. The lowest BCUT2D eigenvalue weighted by Gasteiger charge is -2.31. The Morgan fingerprint density at radius 1 is 0.403 bits per heavy atom. The van der Waals surface area contributed by atoms with Crippen LogP contribution in [-0.4, -0.2) is 86.8 Å². The minimum absolute atomic E-state index is 0.0198. The first-order chi connectivity index (χ1) is 56.2. The van der Waals surface area contributed by atoms with Crippen molar-refractivity contribution in [2.24, 2.45) is 63.6 Å². The number of hydrogen-bond donors (Lipinski definition) is 1. The van der Waals surface area contributed by atoms with Crippen molar-refractivity contribution in [2.75, 3.05) is 38.2 Å². The maximum atomic E-state index is 13.7. The Hall–Kier alpha value is -6.81. The molecular formula is C95H115BrI2N2O14S5. The zero-order valence-corrected chi connectivity index (χ0v) is 81.7. The molecule has 640 valence electrons. The van der Waals surface area contributed by atoms with E-state index in [2.05, 4.69) is 129 Å². The molecule has 4 aliphatic rings. The van der Waals surface area contributed by atoms with Gasteiger partial charge in [0.05, 0.1) is 73.3 Å². The molecule has 4 aliphatic carbocycles. The second-order valence-corrected chi connectivity index (χ2v) is 44.4. The van der Waals surface area contributed by atoms with E-state index in [1.807, 2.05) is 147 Å². The molecule has 0 aliphatic heterocycles. The number of halogens is 3. The molecule has 24 heteroatoms. The fourth-order valence-electron chi connectivity index (χ4n) is 14.1. The predicted molar refractivity (Wildman–Crippen MR) is 503 cm³/mol. The van der Waals surface area contributed by atoms with Gasteiger partial charge in [0, 0.05) is 57.2 Å². The van der Waals surface area contributed by atoms with Crippen LogP contribution in [0.2, 0.25) is 0 Å². The molecule has 0 atom stereocenters. The number of anilines is 2. The van der Waals surface area contributed by atoms with Gasteiger partial charge < -0.3 is 33.9 Å². The van der Waals surface area contributed by atoms with Gasteiger partial charge in [-0.1, -0.05) is 150 Å². The van der Waals surface area contributed by atoms with E-state index in [0.717, 1.165) is 168 Å². The van der Waals surface area contributed by atoms with Gasteiger partial charge in [-0.2, -0.15) is 0 Å². The molecule has 2 amide bonds. The number of nitrogens with zero attached hydrogens (tertiary/aromatic N) is 2. The first-order valence-corrected chi connectivity index (χ1v) is 47.8. The summed E-state index contributed by atoms with van der Waals surface area (Å²) in [6.07, 6.45) is 16.8. The molecule has 0 radical (unpaired) electrons. The molecule has 4 saturated carbocycles. The number of aromatic carboxylic acids is 1. The molecular weight excluding hydrogens is 1890 g/mol. The zero-order chi connectivity index (χ0) is 87.6. The second kappa shape index (κ2) is 47.2. The Morgan fingerprint density at radius 2 is 0.697 bits per heavy atom. The summed E-state index contributed by atoms with van der Waals surface area (Å²) in [5, 5.41) is 9.87. The summed E-state index contributed by atoms with van der Waals surface area (Å²) in [6, 6.07) is 29.0. The average molecular weight is 2000 g/mol. The number of esters is 4. The summed E-state index contributed by atoms with van der Waals surface area (Å²) >= 11 is 14.2. The molecule has 1 N–H and O–H groups in total. The van der Waals surface area contributed by atoms with Crippen LogP contribution in [-0.2, 0) is 64.1 Å². The van der Waals surface area contributed by atoms with Crippen molar-refractivity contribution in [1.82, 2.24) is 0 Å². The number of benzene rings is 2. The van der Waals surface area contributed by atoms with Gasteiger partial charge in [-0.05, 0) is 277 Å². The predicted octanol–water partition coefficient (Wildman–Crippen LogP) is 24.3. The molecule has 0 spiro atoms. The van der Waals surface area contributed by atoms with E-state index in [4.69, 9.17) is 14.2 Å². The topological polar surface area (TPSA) is 217 Å². The maximum Gasteiger partial charge on any atom is 0.350 e. The van der Waals surface area contributed by atoms with Crippen LogP contribution in [0.5, 0.6) is 0 Å². The smallest absolute Gasteiger partial charge is 0.350 e. The third-order valence-electron chi connectivity index (χ3n) is 20.9. The third-order valence-corrected chi connectivity index (χ3v) is 28.7. The van der Waals surface area contributed by atoms with Crippen molar-refractivity contribution in [3.63, 3.8) is 0 Å². The summed E-state index contributed by atoms with van der Waals surface area (Å²) in [6.45, 7) is 28.1. The molecule has 0 bridgehead atoms. The minimum atomic E-state index is -1.02. The van der Waals surface area contributed by atoms with Crippen LogP contribution < -0.4 is 9.80 Å². The lowest BCUT2D eigenvalue weighted by atomic mass is 9.79. The molecule has 7 aromatic rings. The molecule has 2 aromatic carbocycles. The lowest BCUT2D eigenvalue weighted by molar-refractivity contribution is -0.124. The van der Waals surface area contributed by atoms with Gasteiger partial charge in [0.2, 0.25) is 11.8 Å². The fraction of sp³-hybridized carbons (Fsp3) is 0.505. The van der Waals surface area contributed by atoms with E-state index >= 15 is 0 Å². The van der Waals surface area contributed by atoms with Crippen LogP contribution in [0.3, 0.4) is 0 Å². The summed E-state index contributed by atoms with van der Waals surface area (Å²) in [5.41, 5.74) is 4.20. The van der Waals surface area contributed by atoms with E-state index < -0.39 is 11.9 Å². The lowest BCUT2D eigenvalue weighted by Crippen LogP contribution is -2.37. The number of thiophene rings is 5. The summed E-state index contributed by atoms with van der Waals surface area (Å²) in [5.74, 6) is 20.1. The molecule has 16 nitrogen and oxygen atoms in total. The number of amides is 2. The molecule has 5 heterocycles. The number of hydrogen-bond acceptors (Lipinski definition) is 18. The molecule has 0 unspecified atom stereocenters. The highest BCUT2D eigenvalue weighted by Crippen LogP contribution is 2.41. The Morgan fingerprint density at radius 3 is 1.04 bits per heavy atom. The Kier molecular flexibility index (Phi) is 39.4. The van der Waals surface area contributed by atoms with Gasteiger partial charge in [-0.3, -0.25) is 19.2 Å². The number of carbonyl (C=O) groups excluding carboxylic acids is 8. The molecule has 5 aromatic heterocycles. The number of carbonyl (C=O) groups is 9. The van der Waals surface area contributed by atoms with Crippen molar-refractivity contribution in [2.45, 2.75) is 219 Å². The van der Waals surface area contributed by atoms with Crippen molar-refractivity contribution in [3.8, 4) is 35.5 Å². The van der Waals surface area contributed by atoms with Gasteiger partial charge >= 0.3 is 29.8 Å². The van der Waals surface area contributed by atoms with Crippen molar-refractivity contribution in [3.05, 3.63) is 163 Å². The van der Waals surface area contributed by atoms with E-state index in [1.54, 1.807) is 15.9 Å². The highest BCUT2D eigenvalue weighted by Gasteiger charge is 2.36.